The van der Waals surface area contributed by atoms with Crippen molar-refractivity contribution in [3.63, 3.8) is 0 Å². The van der Waals surface area contributed by atoms with Gasteiger partial charge in [0, 0.05) is 0 Å². The first-order valence-corrected chi connectivity index (χ1v) is 5.11. The Morgan fingerprint density at radius 2 is 2.41 bits per heavy atom. The maximum absolute atomic E-state index is 11.7. The van der Waals surface area contributed by atoms with E-state index in [2.05, 4.69) is 16.9 Å². The molecule has 0 spiro atoms. The minimum absolute atomic E-state index is 0.106. The number of carbonyl (C=O) groups is 2. The molecule has 6 nitrogen and oxygen atoms in total. The molecule has 0 saturated heterocycles. The zero-order chi connectivity index (χ0) is 12.8. The average molecular weight is 238 g/mol. The van der Waals surface area contributed by atoms with Crippen molar-refractivity contribution >= 4 is 11.9 Å². The monoisotopic (exact) mass is 238 g/mol. The van der Waals surface area contributed by atoms with E-state index in [1.165, 1.54) is 0 Å². The van der Waals surface area contributed by atoms with Crippen LogP contribution in [0.25, 0.3) is 0 Å². The summed E-state index contributed by atoms with van der Waals surface area (Å²) >= 11 is 0. The molecule has 0 radical (unpaired) electrons. The number of oxazole rings is 1. The number of rotatable bonds is 6. The van der Waals surface area contributed by atoms with Crippen LogP contribution in [0.15, 0.2) is 23.5 Å². The SMILES string of the molecule is C=CCCC(NC(=O)c1ncoc1C)C(=O)O. The lowest BCUT2D eigenvalue weighted by Crippen LogP contribution is -2.41. The zero-order valence-corrected chi connectivity index (χ0v) is 9.47. The molecular formula is C11H14N2O4. The first-order valence-electron chi connectivity index (χ1n) is 5.11. The van der Waals surface area contributed by atoms with Gasteiger partial charge in [0.25, 0.3) is 5.91 Å². The third-order valence-corrected chi connectivity index (χ3v) is 2.22. The highest BCUT2D eigenvalue weighted by Crippen LogP contribution is 2.06. The Balaban J connectivity index is 2.67. The minimum atomic E-state index is -1.08. The highest BCUT2D eigenvalue weighted by molar-refractivity contribution is 5.95. The Morgan fingerprint density at radius 1 is 1.71 bits per heavy atom. The van der Waals surface area contributed by atoms with Gasteiger partial charge >= 0.3 is 5.97 Å². The van der Waals surface area contributed by atoms with Gasteiger partial charge in [0.2, 0.25) is 0 Å². The van der Waals surface area contributed by atoms with E-state index in [0.29, 0.717) is 18.6 Å². The lowest BCUT2D eigenvalue weighted by atomic mass is 10.1. The fraction of sp³-hybridized carbons (Fsp3) is 0.364. The molecule has 0 aliphatic carbocycles. The average Bonchev–Trinajstić information content (AvgIpc) is 2.70. The van der Waals surface area contributed by atoms with Gasteiger partial charge in [0.15, 0.2) is 12.1 Å². The second-order valence-corrected chi connectivity index (χ2v) is 3.49. The van der Waals surface area contributed by atoms with Crippen molar-refractivity contribution in [2.24, 2.45) is 0 Å². The van der Waals surface area contributed by atoms with Crippen LogP contribution in [-0.2, 0) is 4.79 Å². The molecule has 0 bridgehead atoms. The van der Waals surface area contributed by atoms with Crippen LogP contribution in [-0.4, -0.2) is 28.0 Å². The van der Waals surface area contributed by atoms with Crippen molar-refractivity contribution in [2.45, 2.75) is 25.8 Å². The van der Waals surface area contributed by atoms with Crippen molar-refractivity contribution in [3.8, 4) is 0 Å². The summed E-state index contributed by atoms with van der Waals surface area (Å²) in [5, 5.41) is 11.3. The molecule has 1 rings (SSSR count). The molecule has 6 heteroatoms. The zero-order valence-electron chi connectivity index (χ0n) is 9.47. The summed E-state index contributed by atoms with van der Waals surface area (Å²) in [6.45, 7) is 5.09. The van der Waals surface area contributed by atoms with E-state index < -0.39 is 17.9 Å². The van der Waals surface area contributed by atoms with E-state index in [-0.39, 0.29) is 5.69 Å². The number of nitrogens with zero attached hydrogens (tertiary/aromatic N) is 1. The predicted molar refractivity (Wildman–Crippen MR) is 59.6 cm³/mol. The molecule has 0 saturated carbocycles. The van der Waals surface area contributed by atoms with Crippen molar-refractivity contribution < 1.29 is 19.1 Å². The summed E-state index contributed by atoms with van der Waals surface area (Å²) in [6, 6.07) is -0.948. The van der Waals surface area contributed by atoms with Crippen LogP contribution in [0.5, 0.6) is 0 Å². The largest absolute Gasteiger partial charge is 0.480 e. The fourth-order valence-corrected chi connectivity index (χ4v) is 1.29. The third kappa shape index (κ3) is 3.44. The van der Waals surface area contributed by atoms with Gasteiger partial charge in [-0.15, -0.1) is 6.58 Å². The normalized spacial score (nSPS) is 11.8. The van der Waals surface area contributed by atoms with E-state index in [9.17, 15) is 9.59 Å². The number of nitrogens with one attached hydrogen (secondary N) is 1. The van der Waals surface area contributed by atoms with E-state index in [0.717, 1.165) is 6.39 Å². The van der Waals surface area contributed by atoms with Crippen LogP contribution >= 0.6 is 0 Å². The van der Waals surface area contributed by atoms with Gasteiger partial charge in [-0.25, -0.2) is 9.78 Å². The lowest BCUT2D eigenvalue weighted by Gasteiger charge is -2.12. The first-order chi connectivity index (χ1) is 8.06. The molecule has 2 N–H and O–H groups in total. The molecule has 0 aliphatic heterocycles. The second kappa shape index (κ2) is 5.83. The lowest BCUT2D eigenvalue weighted by molar-refractivity contribution is -0.139. The molecular weight excluding hydrogens is 224 g/mol. The van der Waals surface area contributed by atoms with Crippen LogP contribution in [0, 0.1) is 6.92 Å². The summed E-state index contributed by atoms with van der Waals surface area (Å²) in [4.78, 5) is 26.3. The number of hydrogen-bond donors (Lipinski definition) is 2. The van der Waals surface area contributed by atoms with Crippen molar-refractivity contribution in [1.82, 2.24) is 10.3 Å². The van der Waals surface area contributed by atoms with Gasteiger partial charge in [-0.3, -0.25) is 4.79 Å². The number of amides is 1. The first kappa shape index (κ1) is 13.0. The van der Waals surface area contributed by atoms with E-state index in [4.69, 9.17) is 9.52 Å². The number of hydrogen-bond acceptors (Lipinski definition) is 4. The van der Waals surface area contributed by atoms with Gasteiger partial charge in [-0.05, 0) is 19.8 Å². The highest BCUT2D eigenvalue weighted by atomic mass is 16.4. The number of aliphatic carboxylic acids is 1. The molecule has 1 unspecified atom stereocenters. The Bertz CT molecular complexity index is 425. The molecule has 17 heavy (non-hydrogen) atoms. The highest BCUT2D eigenvalue weighted by Gasteiger charge is 2.22. The molecule has 92 valence electrons. The number of allylic oxidation sites excluding steroid dienone is 1. The standard InChI is InChI=1S/C11H14N2O4/c1-3-4-5-8(11(15)16)13-10(14)9-7(2)17-6-12-9/h3,6,8H,1,4-5H2,2H3,(H,13,14)(H,15,16). The van der Waals surface area contributed by atoms with Crippen molar-refractivity contribution in [2.75, 3.05) is 0 Å². The van der Waals surface area contributed by atoms with Gasteiger partial charge in [0.05, 0.1) is 0 Å². The van der Waals surface area contributed by atoms with Gasteiger partial charge in [-0.2, -0.15) is 0 Å². The van der Waals surface area contributed by atoms with Crippen LogP contribution in [0.2, 0.25) is 0 Å². The van der Waals surface area contributed by atoms with Crippen LogP contribution in [0.4, 0.5) is 0 Å². The second-order valence-electron chi connectivity index (χ2n) is 3.49. The molecule has 0 aromatic carbocycles. The quantitative estimate of drug-likeness (QED) is 0.725. The summed E-state index contributed by atoms with van der Waals surface area (Å²) in [7, 11) is 0. The van der Waals surface area contributed by atoms with Crippen molar-refractivity contribution in [3.05, 3.63) is 30.5 Å². The Hall–Kier alpha value is -2.11. The van der Waals surface area contributed by atoms with E-state index >= 15 is 0 Å². The number of carboxylic acid groups (broad SMARTS) is 1. The van der Waals surface area contributed by atoms with Crippen LogP contribution in [0.3, 0.4) is 0 Å². The third-order valence-electron chi connectivity index (χ3n) is 2.22. The Morgan fingerprint density at radius 3 is 2.88 bits per heavy atom. The van der Waals surface area contributed by atoms with Crippen LogP contribution in [0.1, 0.15) is 29.1 Å². The van der Waals surface area contributed by atoms with E-state index in [1.54, 1.807) is 13.0 Å². The summed E-state index contributed by atoms with van der Waals surface area (Å²) in [5.74, 6) is -1.27. The smallest absolute Gasteiger partial charge is 0.326 e. The number of aromatic nitrogens is 1. The molecule has 1 heterocycles. The van der Waals surface area contributed by atoms with Crippen LogP contribution < -0.4 is 5.32 Å². The molecule has 0 fully saturated rings. The molecule has 0 aliphatic rings. The summed E-state index contributed by atoms with van der Waals surface area (Å²) in [6.07, 6.45) is 3.55. The molecule has 1 atom stereocenters. The Labute approximate surface area is 98.3 Å². The van der Waals surface area contributed by atoms with Gasteiger partial charge in [-0.1, -0.05) is 6.08 Å². The van der Waals surface area contributed by atoms with Gasteiger partial charge < -0.3 is 14.8 Å². The predicted octanol–water partition coefficient (Wildman–Crippen LogP) is 1.13. The van der Waals surface area contributed by atoms with E-state index in [1.807, 2.05) is 0 Å². The summed E-state index contributed by atoms with van der Waals surface area (Å²) in [5.41, 5.74) is 0.106. The molecule has 1 aromatic heterocycles. The van der Waals surface area contributed by atoms with Crippen molar-refractivity contribution in [1.29, 1.82) is 0 Å². The number of carboxylic acids is 1. The maximum Gasteiger partial charge on any atom is 0.326 e. The summed E-state index contributed by atoms with van der Waals surface area (Å²) < 4.78 is 4.87. The fourth-order valence-electron chi connectivity index (χ4n) is 1.29. The molecule has 1 aromatic rings. The molecule has 1 amide bonds. The maximum atomic E-state index is 11.7. The number of carbonyl (C=O) groups excluding carboxylic acids is 1. The van der Waals surface area contributed by atoms with Gasteiger partial charge in [0.1, 0.15) is 11.8 Å². The number of aryl methyl sites for hydroxylation is 1. The topological polar surface area (TPSA) is 92.4 Å². The minimum Gasteiger partial charge on any atom is -0.480 e. The Kier molecular flexibility index (Phi) is 4.45.